The molecule has 1 aliphatic rings. The van der Waals surface area contributed by atoms with Gasteiger partial charge in [-0.2, -0.15) is 0 Å². The van der Waals surface area contributed by atoms with Crippen molar-refractivity contribution >= 4 is 28.6 Å². The lowest BCUT2D eigenvalue weighted by Gasteiger charge is -2.44. The lowest BCUT2D eigenvalue weighted by molar-refractivity contribution is 0.223. The van der Waals surface area contributed by atoms with E-state index in [9.17, 15) is 4.21 Å². The van der Waals surface area contributed by atoms with Crippen molar-refractivity contribution in [3.63, 3.8) is 0 Å². The van der Waals surface area contributed by atoms with Crippen LogP contribution in [0.3, 0.4) is 0 Å². The van der Waals surface area contributed by atoms with Crippen LogP contribution in [0, 0.1) is 4.78 Å². The molecule has 6 heteroatoms. The molecule has 0 aromatic heterocycles. The van der Waals surface area contributed by atoms with Gasteiger partial charge in [0.25, 0.3) is 8.32 Å². The highest BCUT2D eigenvalue weighted by atomic mass is 32.2. The van der Waals surface area contributed by atoms with E-state index in [-0.39, 0.29) is 16.3 Å². The molecule has 0 saturated carbocycles. The van der Waals surface area contributed by atoms with Gasteiger partial charge in [0.1, 0.15) is 9.92 Å². The maximum absolute atomic E-state index is 13.1. The molecule has 1 saturated heterocycles. The molecule has 1 fully saturated rings. The standard InChI is InChI=1S/C24H36N2O2SSi/c1-20(2)29(25,27)26-18-12-13-21(26)19-28-30(24(3,4)5,22-14-8-6-9-15-22)23-16-10-7-11-17-23/h6-11,14-17,20-21,25H,12-13,18-19H2,1-5H3/t21-,29?/m1/s1. The van der Waals surface area contributed by atoms with Crippen molar-refractivity contribution in [3.05, 3.63) is 60.7 Å². The number of rotatable bonds is 7. The second-order valence-electron chi connectivity index (χ2n) is 9.53. The van der Waals surface area contributed by atoms with Crippen LogP contribution in [0.5, 0.6) is 0 Å². The molecule has 4 nitrogen and oxygen atoms in total. The average molecular weight is 445 g/mol. The fraction of sp³-hybridized carbons (Fsp3) is 0.500. The SMILES string of the molecule is CC(C)S(=N)(=O)N1CCC[C@@H]1CO[Si](c1ccccc1)(c1ccccc1)C(C)(C)C. The smallest absolute Gasteiger partial charge is 0.261 e. The molecule has 1 heterocycles. The molecule has 164 valence electrons. The summed E-state index contributed by atoms with van der Waals surface area (Å²) in [4.78, 5) is 0. The van der Waals surface area contributed by atoms with Crippen molar-refractivity contribution in [2.45, 2.75) is 63.8 Å². The molecular weight excluding hydrogens is 408 g/mol. The van der Waals surface area contributed by atoms with E-state index < -0.39 is 18.2 Å². The van der Waals surface area contributed by atoms with E-state index in [0.29, 0.717) is 6.61 Å². The lowest BCUT2D eigenvalue weighted by Crippen LogP contribution is -2.67. The molecular formula is C24H36N2O2SSi. The van der Waals surface area contributed by atoms with E-state index in [2.05, 4.69) is 69.3 Å². The van der Waals surface area contributed by atoms with E-state index in [1.165, 1.54) is 10.4 Å². The molecule has 2 atom stereocenters. The number of nitrogens with one attached hydrogen (secondary N) is 1. The molecule has 0 spiro atoms. The summed E-state index contributed by atoms with van der Waals surface area (Å²) in [6, 6.07) is 21.3. The van der Waals surface area contributed by atoms with E-state index >= 15 is 0 Å². The zero-order chi connectivity index (χ0) is 22.0. The second kappa shape index (κ2) is 8.95. The summed E-state index contributed by atoms with van der Waals surface area (Å²) in [5.74, 6) is 0. The zero-order valence-electron chi connectivity index (χ0n) is 18.9. The molecule has 0 bridgehead atoms. The third-order valence-corrected chi connectivity index (χ3v) is 13.7. The van der Waals surface area contributed by atoms with Gasteiger partial charge in [0, 0.05) is 12.6 Å². The normalized spacial score (nSPS) is 20.4. The minimum atomic E-state index is -2.79. The van der Waals surface area contributed by atoms with Crippen molar-refractivity contribution in [1.82, 2.24) is 4.31 Å². The van der Waals surface area contributed by atoms with Gasteiger partial charge in [-0.25, -0.2) is 13.3 Å². The fourth-order valence-corrected chi connectivity index (χ4v) is 10.7. The van der Waals surface area contributed by atoms with Crippen molar-refractivity contribution in [3.8, 4) is 0 Å². The Morgan fingerprint density at radius 3 is 2.00 bits per heavy atom. The third kappa shape index (κ3) is 4.28. The molecule has 0 radical (unpaired) electrons. The first-order chi connectivity index (χ1) is 14.1. The minimum absolute atomic E-state index is 0.0269. The predicted octanol–water partition coefficient (Wildman–Crippen LogP) is 4.40. The fourth-order valence-electron chi connectivity index (χ4n) is 4.59. The zero-order valence-corrected chi connectivity index (χ0v) is 20.7. The highest BCUT2D eigenvalue weighted by molar-refractivity contribution is 7.90. The van der Waals surface area contributed by atoms with Crippen molar-refractivity contribution in [1.29, 1.82) is 4.78 Å². The van der Waals surface area contributed by atoms with Crippen LogP contribution in [0.15, 0.2) is 60.7 Å². The summed E-state index contributed by atoms with van der Waals surface area (Å²) >= 11 is 0. The highest BCUT2D eigenvalue weighted by Gasteiger charge is 2.51. The monoisotopic (exact) mass is 444 g/mol. The van der Waals surface area contributed by atoms with E-state index in [1.807, 2.05) is 30.3 Å². The molecule has 0 amide bonds. The van der Waals surface area contributed by atoms with Crippen LogP contribution >= 0.6 is 0 Å². The molecule has 1 N–H and O–H groups in total. The third-order valence-electron chi connectivity index (χ3n) is 6.22. The summed E-state index contributed by atoms with van der Waals surface area (Å²) in [6.45, 7) is 11.8. The van der Waals surface area contributed by atoms with Crippen molar-refractivity contribution < 1.29 is 8.63 Å². The van der Waals surface area contributed by atoms with Crippen LogP contribution in [-0.2, 0) is 14.3 Å². The summed E-state index contributed by atoms with van der Waals surface area (Å²) in [5.41, 5.74) is 0. The Morgan fingerprint density at radius 1 is 1.07 bits per heavy atom. The van der Waals surface area contributed by atoms with Crippen LogP contribution < -0.4 is 10.4 Å². The molecule has 1 unspecified atom stereocenters. The van der Waals surface area contributed by atoms with E-state index in [0.717, 1.165) is 19.4 Å². The first-order valence-electron chi connectivity index (χ1n) is 10.9. The first-order valence-corrected chi connectivity index (χ1v) is 14.4. The summed E-state index contributed by atoms with van der Waals surface area (Å²) in [5, 5.41) is 2.23. The topological polar surface area (TPSA) is 53.4 Å². The summed E-state index contributed by atoms with van der Waals surface area (Å²) < 4.78 is 30.6. The number of hydrogen-bond acceptors (Lipinski definition) is 3. The predicted molar refractivity (Wildman–Crippen MR) is 129 cm³/mol. The Morgan fingerprint density at radius 2 is 1.57 bits per heavy atom. The molecule has 2 aromatic rings. The average Bonchev–Trinajstić information content (AvgIpc) is 3.18. The summed E-state index contributed by atoms with van der Waals surface area (Å²) in [7, 11) is -5.40. The van der Waals surface area contributed by atoms with Gasteiger partial charge in [0.2, 0.25) is 0 Å². The van der Waals surface area contributed by atoms with Gasteiger partial charge in [-0.1, -0.05) is 81.4 Å². The van der Waals surface area contributed by atoms with Crippen LogP contribution in [0.4, 0.5) is 0 Å². The maximum atomic E-state index is 13.1. The Balaban J connectivity index is 2.02. The Kier molecular flexibility index (Phi) is 6.92. The van der Waals surface area contributed by atoms with Gasteiger partial charge in [-0.3, -0.25) is 0 Å². The van der Waals surface area contributed by atoms with Crippen LogP contribution in [-0.4, -0.2) is 41.3 Å². The van der Waals surface area contributed by atoms with Crippen LogP contribution in [0.25, 0.3) is 0 Å². The molecule has 0 aliphatic carbocycles. The van der Waals surface area contributed by atoms with Gasteiger partial charge >= 0.3 is 0 Å². The maximum Gasteiger partial charge on any atom is 0.261 e. The first kappa shape index (κ1) is 23.2. The largest absolute Gasteiger partial charge is 0.406 e. The summed E-state index contributed by atoms with van der Waals surface area (Å²) in [6.07, 6.45) is 1.90. The van der Waals surface area contributed by atoms with Crippen molar-refractivity contribution in [2.24, 2.45) is 0 Å². The van der Waals surface area contributed by atoms with Crippen molar-refractivity contribution in [2.75, 3.05) is 13.2 Å². The number of benzene rings is 2. The van der Waals surface area contributed by atoms with E-state index in [1.54, 1.807) is 0 Å². The highest BCUT2D eigenvalue weighted by Crippen LogP contribution is 2.37. The minimum Gasteiger partial charge on any atom is -0.406 e. The van der Waals surface area contributed by atoms with Gasteiger partial charge in [0.05, 0.1) is 11.9 Å². The van der Waals surface area contributed by atoms with Gasteiger partial charge in [0.15, 0.2) is 0 Å². The number of nitrogens with zero attached hydrogens (tertiary/aromatic N) is 1. The molecule has 2 aromatic carbocycles. The molecule has 1 aliphatic heterocycles. The quantitative estimate of drug-likeness (QED) is 0.644. The molecule has 3 rings (SSSR count). The van der Waals surface area contributed by atoms with Gasteiger partial charge in [-0.05, 0) is 42.1 Å². The molecule has 30 heavy (non-hydrogen) atoms. The number of hydrogen-bond donors (Lipinski definition) is 1. The Labute approximate surface area is 183 Å². The van der Waals surface area contributed by atoms with Crippen LogP contribution in [0.2, 0.25) is 5.04 Å². The van der Waals surface area contributed by atoms with E-state index in [4.69, 9.17) is 9.21 Å². The Bertz CT molecular complexity index is 885. The van der Waals surface area contributed by atoms with Gasteiger partial charge in [-0.15, -0.1) is 0 Å². The van der Waals surface area contributed by atoms with Crippen LogP contribution in [0.1, 0.15) is 47.5 Å². The lowest BCUT2D eigenvalue weighted by atomic mass is 10.2. The van der Waals surface area contributed by atoms with Gasteiger partial charge < -0.3 is 4.43 Å². The Hall–Kier alpha value is -1.47. The second-order valence-corrected chi connectivity index (χ2v) is 16.4.